The zero-order chi connectivity index (χ0) is 35.4. The molecule has 0 unspecified atom stereocenters. The van der Waals surface area contributed by atoms with Crippen LogP contribution in [0, 0.1) is 5.41 Å². The van der Waals surface area contributed by atoms with E-state index in [1.54, 1.807) is 0 Å². The molecule has 5 heteroatoms. The van der Waals surface area contributed by atoms with Crippen LogP contribution in [0.2, 0.25) is 0 Å². The molecule has 1 N–H and O–H groups in total. The van der Waals surface area contributed by atoms with Crippen LogP contribution in [0.5, 0.6) is 17.4 Å². The van der Waals surface area contributed by atoms with Crippen molar-refractivity contribution in [3.8, 4) is 17.4 Å². The molecule has 1 aliphatic carbocycles. The van der Waals surface area contributed by atoms with E-state index in [2.05, 4.69) is 124 Å². The Hall–Kier alpha value is -3.86. The maximum absolute atomic E-state index is 11.0. The molecule has 0 amide bonds. The molecule has 5 nitrogen and oxygen atoms in total. The molecule has 1 saturated carbocycles. The number of amidine groups is 1. The zero-order valence-electron chi connectivity index (χ0n) is 31.7. The van der Waals surface area contributed by atoms with Crippen molar-refractivity contribution < 1.29 is 9.84 Å². The summed E-state index contributed by atoms with van der Waals surface area (Å²) in [7, 11) is 0. The van der Waals surface area contributed by atoms with Crippen LogP contribution >= 0.6 is 0 Å². The molecule has 1 aliphatic heterocycles. The fourth-order valence-electron chi connectivity index (χ4n) is 7.64. The van der Waals surface area contributed by atoms with Gasteiger partial charge in [0.05, 0.1) is 12.1 Å². The van der Waals surface area contributed by atoms with Crippen LogP contribution in [0.3, 0.4) is 0 Å². The standard InChI is InChI=1S/C44H57N3O2/c1-26(2)30-21-31(24-33(23-30)49-39-16-15-29-22-32(43(7,8)9)25-38(48)40(29)46-39)42-45-36-17-19-44(10,11)20-18-37(36)47(42)41-34(27(3)4)13-12-14-35(41)28(5)6/h12-16,21-28,36-37,48H,17-20H2,1-11H3/t36-,37-/m0/s1. The van der Waals surface area contributed by atoms with Gasteiger partial charge in [0, 0.05) is 22.7 Å². The summed E-state index contributed by atoms with van der Waals surface area (Å²) in [6, 6.07) is 21.9. The summed E-state index contributed by atoms with van der Waals surface area (Å²) >= 11 is 0. The van der Waals surface area contributed by atoms with Gasteiger partial charge in [-0.3, -0.25) is 4.99 Å². The van der Waals surface area contributed by atoms with Gasteiger partial charge in [0.1, 0.15) is 22.9 Å². The first-order valence-electron chi connectivity index (χ1n) is 18.5. The van der Waals surface area contributed by atoms with Crippen molar-refractivity contribution in [1.82, 2.24) is 4.98 Å². The van der Waals surface area contributed by atoms with Crippen LogP contribution in [0.1, 0.15) is 147 Å². The number of hydrogen-bond acceptors (Lipinski definition) is 5. The molecular formula is C44H57N3O2. The average molecular weight is 660 g/mol. The van der Waals surface area contributed by atoms with Gasteiger partial charge >= 0.3 is 0 Å². The number of ether oxygens (including phenoxy) is 1. The minimum absolute atomic E-state index is 0.0795. The fraction of sp³-hybridized carbons (Fsp3) is 0.500. The van der Waals surface area contributed by atoms with E-state index in [1.807, 2.05) is 18.2 Å². The van der Waals surface area contributed by atoms with Gasteiger partial charge in [-0.15, -0.1) is 0 Å². The lowest BCUT2D eigenvalue weighted by molar-refractivity contribution is 0.311. The topological polar surface area (TPSA) is 58.0 Å². The predicted molar refractivity (Wildman–Crippen MR) is 206 cm³/mol. The van der Waals surface area contributed by atoms with Crippen molar-refractivity contribution in [3.63, 3.8) is 0 Å². The molecule has 2 atom stereocenters. The molecule has 1 aromatic heterocycles. The number of aromatic nitrogens is 1. The van der Waals surface area contributed by atoms with E-state index in [0.29, 0.717) is 40.6 Å². The molecule has 6 rings (SSSR count). The summed E-state index contributed by atoms with van der Waals surface area (Å²) in [5.41, 5.74) is 8.25. The van der Waals surface area contributed by atoms with Gasteiger partial charge in [0.25, 0.3) is 0 Å². The molecule has 260 valence electrons. The van der Waals surface area contributed by atoms with E-state index in [0.717, 1.165) is 40.9 Å². The van der Waals surface area contributed by atoms with Crippen LogP contribution in [-0.4, -0.2) is 28.0 Å². The Bertz CT molecular complexity index is 1850. The highest BCUT2D eigenvalue weighted by Gasteiger charge is 2.43. The van der Waals surface area contributed by atoms with E-state index in [9.17, 15) is 5.11 Å². The van der Waals surface area contributed by atoms with Gasteiger partial charge < -0.3 is 14.7 Å². The van der Waals surface area contributed by atoms with Gasteiger partial charge in [-0.2, -0.15) is 0 Å². The zero-order valence-corrected chi connectivity index (χ0v) is 31.7. The lowest BCUT2D eigenvalue weighted by atomic mass is 9.85. The molecule has 4 aromatic rings. The third kappa shape index (κ3) is 7.09. The van der Waals surface area contributed by atoms with Crippen molar-refractivity contribution in [2.24, 2.45) is 10.4 Å². The number of aliphatic imine (C=N–C) groups is 1. The molecule has 1 fully saturated rings. The summed E-state index contributed by atoms with van der Waals surface area (Å²) in [4.78, 5) is 13.1. The highest BCUT2D eigenvalue weighted by molar-refractivity contribution is 6.13. The Morgan fingerprint density at radius 1 is 0.837 bits per heavy atom. The largest absolute Gasteiger partial charge is 0.506 e. The van der Waals surface area contributed by atoms with Crippen molar-refractivity contribution in [3.05, 3.63) is 88.5 Å². The van der Waals surface area contributed by atoms with Gasteiger partial charge in [0.15, 0.2) is 0 Å². The Balaban J connectivity index is 1.47. The maximum atomic E-state index is 11.0. The first-order chi connectivity index (χ1) is 23.0. The first-order valence-corrected chi connectivity index (χ1v) is 18.5. The van der Waals surface area contributed by atoms with E-state index in [-0.39, 0.29) is 17.2 Å². The average Bonchev–Trinajstić information content (AvgIpc) is 3.32. The van der Waals surface area contributed by atoms with E-state index < -0.39 is 0 Å². The number of pyridine rings is 1. The summed E-state index contributed by atoms with van der Waals surface area (Å²) in [6.45, 7) is 25.0. The van der Waals surface area contributed by atoms with Crippen LogP contribution in [-0.2, 0) is 5.41 Å². The number of benzene rings is 3. The third-order valence-electron chi connectivity index (χ3n) is 10.8. The second-order valence-electron chi connectivity index (χ2n) is 17.3. The molecular weight excluding hydrogens is 603 g/mol. The monoisotopic (exact) mass is 659 g/mol. The molecule has 0 spiro atoms. The number of phenols is 1. The van der Waals surface area contributed by atoms with E-state index >= 15 is 0 Å². The molecule has 49 heavy (non-hydrogen) atoms. The van der Waals surface area contributed by atoms with E-state index in [4.69, 9.17) is 14.7 Å². The van der Waals surface area contributed by atoms with Crippen LogP contribution in [0.25, 0.3) is 10.9 Å². The lowest BCUT2D eigenvalue weighted by Crippen LogP contribution is -2.41. The Kier molecular flexibility index (Phi) is 9.36. The summed E-state index contributed by atoms with van der Waals surface area (Å²) in [5, 5.41) is 11.9. The molecule has 0 saturated heterocycles. The number of aromatic hydroxyl groups is 1. The van der Waals surface area contributed by atoms with Crippen molar-refractivity contribution >= 4 is 22.4 Å². The summed E-state index contributed by atoms with van der Waals surface area (Å²) < 4.78 is 6.57. The normalized spacial score (nSPS) is 19.5. The molecule has 2 heterocycles. The molecule has 0 radical (unpaired) electrons. The number of anilines is 1. The third-order valence-corrected chi connectivity index (χ3v) is 10.8. The minimum atomic E-state index is -0.0795. The fourth-order valence-corrected chi connectivity index (χ4v) is 7.64. The van der Waals surface area contributed by atoms with Gasteiger partial charge in [0.2, 0.25) is 5.88 Å². The molecule has 0 bridgehead atoms. The van der Waals surface area contributed by atoms with Crippen molar-refractivity contribution in [2.75, 3.05) is 4.90 Å². The number of nitrogens with zero attached hydrogens (tertiary/aromatic N) is 3. The Morgan fingerprint density at radius 3 is 2.14 bits per heavy atom. The van der Waals surface area contributed by atoms with Crippen molar-refractivity contribution in [2.45, 2.75) is 137 Å². The Labute approximate surface area is 294 Å². The van der Waals surface area contributed by atoms with Crippen LogP contribution < -0.4 is 9.64 Å². The summed E-state index contributed by atoms with van der Waals surface area (Å²) in [6.07, 6.45) is 4.57. The quantitative estimate of drug-likeness (QED) is 0.214. The Morgan fingerprint density at radius 2 is 1.51 bits per heavy atom. The highest BCUT2D eigenvalue weighted by Crippen LogP contribution is 2.46. The van der Waals surface area contributed by atoms with Gasteiger partial charge in [-0.25, -0.2) is 4.98 Å². The number of hydrogen-bond donors (Lipinski definition) is 1. The number of para-hydroxylation sites is 1. The van der Waals surface area contributed by atoms with Crippen LogP contribution in [0.15, 0.2) is 65.7 Å². The van der Waals surface area contributed by atoms with E-state index in [1.165, 1.54) is 35.2 Å². The number of phenolic OH excluding ortho intramolecular Hbond substituents is 1. The van der Waals surface area contributed by atoms with Gasteiger partial charge in [-0.1, -0.05) is 94.4 Å². The summed E-state index contributed by atoms with van der Waals surface area (Å²) in [5.74, 6) is 3.48. The maximum Gasteiger partial charge on any atom is 0.219 e. The molecule has 2 aliphatic rings. The minimum Gasteiger partial charge on any atom is -0.506 e. The van der Waals surface area contributed by atoms with Crippen LogP contribution in [0.4, 0.5) is 5.69 Å². The highest BCUT2D eigenvalue weighted by atomic mass is 16.5. The SMILES string of the molecule is CC(C)c1cc(Oc2ccc3cc(C(C)(C)C)cc(O)c3n2)cc(C2=N[C@H]3CCC(C)(C)CC[C@@H]3N2c2c(C(C)C)cccc2C(C)C)c1. The first kappa shape index (κ1) is 35.0. The predicted octanol–water partition coefficient (Wildman–Crippen LogP) is 12.0. The second-order valence-corrected chi connectivity index (χ2v) is 17.3. The van der Waals surface area contributed by atoms with Crippen molar-refractivity contribution in [1.29, 1.82) is 0 Å². The lowest BCUT2D eigenvalue weighted by Gasteiger charge is -2.35. The van der Waals surface area contributed by atoms with Gasteiger partial charge in [-0.05, 0) is 113 Å². The number of rotatable bonds is 7. The number of fused-ring (bicyclic) bond motifs is 2. The second kappa shape index (κ2) is 13.1. The smallest absolute Gasteiger partial charge is 0.219 e. The molecule has 3 aromatic carbocycles.